The van der Waals surface area contributed by atoms with Crippen molar-refractivity contribution in [2.24, 2.45) is 0 Å². The van der Waals surface area contributed by atoms with Crippen LogP contribution in [-0.4, -0.2) is 57.0 Å². The van der Waals surface area contributed by atoms with E-state index in [9.17, 15) is 5.11 Å². The van der Waals surface area contributed by atoms with Crippen LogP contribution in [-0.2, 0) is 11.2 Å². The lowest BCUT2D eigenvalue weighted by molar-refractivity contribution is -0.0787. The minimum Gasteiger partial charge on any atom is -0.389 e. The van der Waals surface area contributed by atoms with Crippen molar-refractivity contribution in [1.82, 2.24) is 20.1 Å². The average molecular weight is 308 g/mol. The summed E-state index contributed by atoms with van der Waals surface area (Å²) in [7, 11) is 0. The molecule has 2 heterocycles. The Morgan fingerprint density at radius 1 is 1.36 bits per heavy atom. The van der Waals surface area contributed by atoms with E-state index in [1.165, 1.54) is 6.42 Å². The van der Waals surface area contributed by atoms with Crippen LogP contribution in [0.15, 0.2) is 0 Å². The molecule has 0 bridgehead atoms. The third-order valence-corrected chi connectivity index (χ3v) is 4.78. The summed E-state index contributed by atoms with van der Waals surface area (Å²) in [5.74, 6) is 1.69. The number of aryl methyl sites for hydroxylation is 1. The Morgan fingerprint density at radius 2 is 2.18 bits per heavy atom. The first-order valence-corrected chi connectivity index (χ1v) is 8.66. The lowest BCUT2D eigenvalue weighted by atomic mass is 9.84. The van der Waals surface area contributed by atoms with E-state index >= 15 is 0 Å². The highest BCUT2D eigenvalue weighted by Crippen LogP contribution is 2.30. The number of H-pyrrole nitrogens is 1. The molecule has 22 heavy (non-hydrogen) atoms. The Kier molecular flexibility index (Phi) is 5.10. The Labute approximate surface area is 132 Å². The summed E-state index contributed by atoms with van der Waals surface area (Å²) in [6.45, 7) is 5.21. The molecule has 1 saturated carbocycles. The van der Waals surface area contributed by atoms with E-state index < -0.39 is 5.60 Å². The van der Waals surface area contributed by atoms with Gasteiger partial charge in [-0.25, -0.2) is 4.98 Å². The van der Waals surface area contributed by atoms with Gasteiger partial charge in [-0.3, -0.25) is 10.00 Å². The van der Waals surface area contributed by atoms with Crippen molar-refractivity contribution in [2.45, 2.75) is 63.6 Å². The highest BCUT2D eigenvalue weighted by molar-refractivity contribution is 4.98. The number of nitrogens with zero attached hydrogens (tertiary/aromatic N) is 3. The Balaban J connectivity index is 1.58. The topological polar surface area (TPSA) is 74.3 Å². The second-order valence-electron chi connectivity index (χ2n) is 6.77. The number of ether oxygens (including phenoxy) is 1. The van der Waals surface area contributed by atoms with Gasteiger partial charge in [-0.15, -0.1) is 0 Å². The van der Waals surface area contributed by atoms with Crippen molar-refractivity contribution in [2.75, 3.05) is 26.2 Å². The van der Waals surface area contributed by atoms with Crippen LogP contribution in [0.5, 0.6) is 0 Å². The molecule has 0 aromatic carbocycles. The monoisotopic (exact) mass is 308 g/mol. The van der Waals surface area contributed by atoms with Crippen molar-refractivity contribution in [3.8, 4) is 0 Å². The zero-order valence-corrected chi connectivity index (χ0v) is 13.6. The molecule has 1 atom stereocenters. The molecule has 0 spiro atoms. The Hall–Kier alpha value is -0.980. The Morgan fingerprint density at radius 3 is 2.95 bits per heavy atom. The molecule has 1 aliphatic carbocycles. The van der Waals surface area contributed by atoms with E-state index in [0.29, 0.717) is 6.61 Å². The molecule has 0 unspecified atom stereocenters. The zero-order valence-electron chi connectivity index (χ0n) is 13.6. The second-order valence-corrected chi connectivity index (χ2v) is 6.77. The number of hydrogen-bond donors (Lipinski definition) is 2. The van der Waals surface area contributed by atoms with Crippen LogP contribution in [0.4, 0.5) is 0 Å². The fourth-order valence-corrected chi connectivity index (χ4v) is 3.59. The van der Waals surface area contributed by atoms with Gasteiger partial charge in [0, 0.05) is 26.1 Å². The summed E-state index contributed by atoms with van der Waals surface area (Å²) in [4.78, 5) is 6.86. The van der Waals surface area contributed by atoms with Crippen LogP contribution in [0.2, 0.25) is 0 Å². The number of aliphatic hydroxyl groups is 1. The Bertz CT molecular complexity index is 470. The quantitative estimate of drug-likeness (QED) is 0.868. The van der Waals surface area contributed by atoms with Gasteiger partial charge in [-0.1, -0.05) is 26.2 Å². The summed E-state index contributed by atoms with van der Waals surface area (Å²) >= 11 is 0. The molecule has 124 valence electrons. The second kappa shape index (κ2) is 7.06. The molecule has 1 saturated heterocycles. The number of aromatic amines is 1. The molecule has 0 amide bonds. The number of β-amino-alcohol motifs (C(OH)–C–C–N with tert-alkyl or cyclic N) is 1. The highest BCUT2D eigenvalue weighted by atomic mass is 16.5. The average Bonchev–Trinajstić information content (AvgIpc) is 2.97. The summed E-state index contributed by atoms with van der Waals surface area (Å²) < 4.78 is 5.84. The summed E-state index contributed by atoms with van der Waals surface area (Å²) in [5, 5.41) is 18.0. The molecule has 3 rings (SSSR count). The van der Waals surface area contributed by atoms with Gasteiger partial charge in [0.15, 0.2) is 5.82 Å². The number of nitrogens with one attached hydrogen (secondary N) is 1. The van der Waals surface area contributed by atoms with E-state index in [2.05, 4.69) is 27.0 Å². The van der Waals surface area contributed by atoms with Crippen LogP contribution in [0.3, 0.4) is 0 Å². The van der Waals surface area contributed by atoms with Crippen LogP contribution in [0.25, 0.3) is 0 Å². The minimum atomic E-state index is -0.507. The molecule has 1 aromatic heterocycles. The van der Waals surface area contributed by atoms with Gasteiger partial charge in [-0.05, 0) is 19.3 Å². The van der Waals surface area contributed by atoms with Crippen LogP contribution in [0, 0.1) is 0 Å². The van der Waals surface area contributed by atoms with Gasteiger partial charge in [0.25, 0.3) is 0 Å². The van der Waals surface area contributed by atoms with E-state index in [1.807, 2.05) is 0 Å². The highest BCUT2D eigenvalue weighted by Gasteiger charge is 2.34. The fourth-order valence-electron chi connectivity index (χ4n) is 3.59. The standard InChI is InChI=1S/C16H28N4O2/c1-2-6-14-17-15(19-18-14)13-11-20(9-10-22-13)12-16(21)7-4-3-5-8-16/h13,21H,2-12H2,1H3,(H,17,18,19)/t13-/m1/s1. The molecule has 1 aliphatic heterocycles. The summed E-state index contributed by atoms with van der Waals surface area (Å²) in [6, 6.07) is 0. The van der Waals surface area contributed by atoms with Gasteiger partial charge in [-0.2, -0.15) is 5.10 Å². The molecular formula is C16H28N4O2. The van der Waals surface area contributed by atoms with Crippen LogP contribution < -0.4 is 0 Å². The van der Waals surface area contributed by atoms with Crippen molar-refractivity contribution in [1.29, 1.82) is 0 Å². The van der Waals surface area contributed by atoms with E-state index in [-0.39, 0.29) is 6.10 Å². The number of rotatable bonds is 5. The van der Waals surface area contributed by atoms with Crippen molar-refractivity contribution in [3.05, 3.63) is 11.6 Å². The molecule has 2 fully saturated rings. The van der Waals surface area contributed by atoms with Crippen LogP contribution in [0.1, 0.15) is 63.2 Å². The first-order valence-electron chi connectivity index (χ1n) is 8.66. The molecule has 0 radical (unpaired) electrons. The molecule has 6 heteroatoms. The SMILES string of the molecule is CCCc1nc([C@H]2CN(CC3(O)CCCCC3)CCO2)n[nH]1. The maximum Gasteiger partial charge on any atom is 0.180 e. The molecule has 2 aliphatic rings. The van der Waals surface area contributed by atoms with Crippen LogP contribution >= 0.6 is 0 Å². The van der Waals surface area contributed by atoms with Gasteiger partial charge in [0.1, 0.15) is 11.9 Å². The van der Waals surface area contributed by atoms with Crippen molar-refractivity contribution in [3.63, 3.8) is 0 Å². The minimum absolute atomic E-state index is 0.0807. The third kappa shape index (κ3) is 3.86. The van der Waals surface area contributed by atoms with E-state index in [0.717, 1.165) is 69.8 Å². The predicted octanol–water partition coefficient (Wildman–Crippen LogP) is 1.83. The normalized spacial score (nSPS) is 26.2. The molecule has 1 aromatic rings. The summed E-state index contributed by atoms with van der Waals surface area (Å²) in [6.07, 6.45) is 7.29. The maximum atomic E-state index is 10.7. The van der Waals surface area contributed by atoms with Gasteiger partial charge < -0.3 is 9.84 Å². The predicted molar refractivity (Wildman–Crippen MR) is 83.5 cm³/mol. The first kappa shape index (κ1) is 15.9. The van der Waals surface area contributed by atoms with Gasteiger partial charge in [0.2, 0.25) is 0 Å². The first-order chi connectivity index (χ1) is 10.7. The third-order valence-electron chi connectivity index (χ3n) is 4.78. The van der Waals surface area contributed by atoms with Crippen molar-refractivity contribution >= 4 is 0 Å². The molecule has 6 nitrogen and oxygen atoms in total. The summed E-state index contributed by atoms with van der Waals surface area (Å²) in [5.41, 5.74) is -0.507. The van der Waals surface area contributed by atoms with Crippen molar-refractivity contribution < 1.29 is 9.84 Å². The van der Waals surface area contributed by atoms with Gasteiger partial charge >= 0.3 is 0 Å². The lowest BCUT2D eigenvalue weighted by Crippen LogP contribution is -2.49. The van der Waals surface area contributed by atoms with E-state index in [1.54, 1.807) is 0 Å². The molecular weight excluding hydrogens is 280 g/mol. The number of hydrogen-bond acceptors (Lipinski definition) is 5. The zero-order chi connectivity index (χ0) is 15.4. The fraction of sp³-hybridized carbons (Fsp3) is 0.875. The smallest absolute Gasteiger partial charge is 0.180 e. The maximum absolute atomic E-state index is 10.7. The molecule has 2 N–H and O–H groups in total. The van der Waals surface area contributed by atoms with E-state index in [4.69, 9.17) is 4.74 Å². The van der Waals surface area contributed by atoms with Gasteiger partial charge in [0.05, 0.1) is 12.2 Å². The lowest BCUT2D eigenvalue weighted by Gasteiger charge is -2.39. The largest absolute Gasteiger partial charge is 0.389 e. The number of aromatic nitrogens is 3. The number of morpholine rings is 1.